The first-order valence-electron chi connectivity index (χ1n) is 5.73. The Morgan fingerprint density at radius 3 is 2.55 bits per heavy atom. The van der Waals surface area contributed by atoms with Crippen LogP contribution in [0.2, 0.25) is 0 Å². The van der Waals surface area contributed by atoms with Gasteiger partial charge in [-0.15, -0.1) is 0 Å². The first kappa shape index (κ1) is 14.3. The van der Waals surface area contributed by atoms with E-state index >= 15 is 0 Å². The Morgan fingerprint density at radius 1 is 1.20 bits per heavy atom. The maximum atomic E-state index is 13.2. The van der Waals surface area contributed by atoms with Crippen LogP contribution in [0.15, 0.2) is 18.2 Å². The fraction of sp³-hybridized carbons (Fsp3) is 0.333. The lowest BCUT2D eigenvalue weighted by atomic mass is 10.1. The summed E-state index contributed by atoms with van der Waals surface area (Å²) < 4.78 is 51.1. The monoisotopic (exact) mass is 290 g/mol. The summed E-state index contributed by atoms with van der Waals surface area (Å²) in [5.41, 5.74) is -1.52. The minimum absolute atomic E-state index is 0.0233. The van der Waals surface area contributed by atoms with Crippen LogP contribution in [0.3, 0.4) is 0 Å². The van der Waals surface area contributed by atoms with Gasteiger partial charge in [-0.05, 0) is 18.2 Å². The molecule has 0 bridgehead atoms. The Morgan fingerprint density at radius 2 is 1.90 bits per heavy atom. The Labute approximate surface area is 111 Å². The fourth-order valence-corrected chi connectivity index (χ4v) is 1.87. The number of nitrogens with zero attached hydrogens (tertiary/aromatic N) is 1. The van der Waals surface area contributed by atoms with Crippen molar-refractivity contribution in [2.75, 3.05) is 18.0 Å². The second kappa shape index (κ2) is 5.10. The average molecular weight is 290 g/mol. The highest BCUT2D eigenvalue weighted by Gasteiger charge is 2.35. The van der Waals surface area contributed by atoms with Crippen LogP contribution in [0.25, 0.3) is 0 Å². The molecule has 1 aromatic rings. The van der Waals surface area contributed by atoms with Crippen LogP contribution in [0.4, 0.5) is 23.2 Å². The molecule has 1 aliphatic heterocycles. The molecule has 8 heteroatoms. The van der Waals surface area contributed by atoms with Crippen molar-refractivity contribution < 1.29 is 27.2 Å². The third kappa shape index (κ3) is 2.89. The number of benzene rings is 1. The number of amides is 2. The molecule has 1 saturated heterocycles. The van der Waals surface area contributed by atoms with Crippen LogP contribution in [-0.4, -0.2) is 24.9 Å². The molecule has 0 aromatic heterocycles. The molecule has 108 valence electrons. The van der Waals surface area contributed by atoms with E-state index in [0.717, 1.165) is 11.0 Å². The van der Waals surface area contributed by atoms with Gasteiger partial charge in [0.15, 0.2) is 0 Å². The third-order valence-corrected chi connectivity index (χ3v) is 2.87. The number of carbonyl (C=O) groups excluding carboxylic acids is 2. The molecule has 20 heavy (non-hydrogen) atoms. The molecular formula is C12H10F4N2O2. The van der Waals surface area contributed by atoms with Gasteiger partial charge in [-0.1, -0.05) is 0 Å². The van der Waals surface area contributed by atoms with Crippen LogP contribution in [0, 0.1) is 5.82 Å². The lowest BCUT2D eigenvalue weighted by Crippen LogP contribution is -2.35. The van der Waals surface area contributed by atoms with Crippen LogP contribution < -0.4 is 10.2 Å². The van der Waals surface area contributed by atoms with Gasteiger partial charge in [0, 0.05) is 18.7 Å². The lowest BCUT2D eigenvalue weighted by molar-refractivity contribution is -0.140. The van der Waals surface area contributed by atoms with Gasteiger partial charge in [0.25, 0.3) is 0 Å². The topological polar surface area (TPSA) is 49.4 Å². The first-order chi connectivity index (χ1) is 9.29. The second-order valence-corrected chi connectivity index (χ2v) is 4.23. The predicted molar refractivity (Wildman–Crippen MR) is 61.4 cm³/mol. The molecular weight excluding hydrogens is 280 g/mol. The van der Waals surface area contributed by atoms with Gasteiger partial charge < -0.3 is 10.2 Å². The van der Waals surface area contributed by atoms with Gasteiger partial charge in [-0.2, -0.15) is 13.2 Å². The van der Waals surface area contributed by atoms with Gasteiger partial charge in [-0.25, -0.2) is 4.39 Å². The number of alkyl halides is 3. The molecule has 2 rings (SSSR count). The molecule has 0 unspecified atom stereocenters. The highest BCUT2D eigenvalue weighted by atomic mass is 19.4. The Balaban J connectivity index is 2.37. The van der Waals surface area contributed by atoms with Crippen molar-refractivity contribution in [3.63, 3.8) is 0 Å². The molecule has 0 atom stereocenters. The smallest absolute Gasteiger partial charge is 0.347 e. The summed E-state index contributed by atoms with van der Waals surface area (Å²) >= 11 is 0. The van der Waals surface area contributed by atoms with Gasteiger partial charge in [0.2, 0.25) is 11.8 Å². The molecule has 1 aromatic carbocycles. The van der Waals surface area contributed by atoms with E-state index in [0.29, 0.717) is 12.1 Å². The maximum absolute atomic E-state index is 13.2. The summed E-state index contributed by atoms with van der Waals surface area (Å²) in [5.74, 6) is -2.31. The highest BCUT2D eigenvalue weighted by Crippen LogP contribution is 2.34. The summed E-state index contributed by atoms with van der Waals surface area (Å²) in [5, 5.41) is 2.32. The van der Waals surface area contributed by atoms with Crippen molar-refractivity contribution in [2.45, 2.75) is 12.6 Å². The minimum atomic E-state index is -4.84. The van der Waals surface area contributed by atoms with Crippen LogP contribution in [0.1, 0.15) is 12.0 Å². The predicted octanol–water partition coefficient (Wildman–Crippen LogP) is 1.70. The largest absolute Gasteiger partial charge is 0.419 e. The zero-order valence-corrected chi connectivity index (χ0v) is 10.1. The van der Waals surface area contributed by atoms with Gasteiger partial charge in [0.1, 0.15) is 5.82 Å². The molecule has 4 nitrogen and oxygen atoms in total. The number of carbonyl (C=O) groups is 2. The molecule has 1 heterocycles. The van der Waals surface area contributed by atoms with Gasteiger partial charge in [-0.3, -0.25) is 9.59 Å². The van der Waals surface area contributed by atoms with Crippen LogP contribution in [-0.2, 0) is 15.8 Å². The minimum Gasteiger partial charge on any atom is -0.347 e. The summed E-state index contributed by atoms with van der Waals surface area (Å²) in [7, 11) is 0. The van der Waals surface area contributed by atoms with Crippen molar-refractivity contribution in [1.29, 1.82) is 0 Å². The van der Waals surface area contributed by atoms with E-state index in [1.165, 1.54) is 0 Å². The average Bonchev–Trinajstić information content (AvgIpc) is 2.52. The van der Waals surface area contributed by atoms with E-state index in [2.05, 4.69) is 5.32 Å². The zero-order valence-electron chi connectivity index (χ0n) is 10.1. The van der Waals surface area contributed by atoms with E-state index in [9.17, 15) is 27.2 Å². The maximum Gasteiger partial charge on any atom is 0.419 e. The third-order valence-electron chi connectivity index (χ3n) is 2.87. The van der Waals surface area contributed by atoms with E-state index in [1.54, 1.807) is 0 Å². The SMILES string of the molecule is O=C1CCN(c2ccc(F)c(C(F)(F)F)c2)C(=O)CN1. The summed E-state index contributed by atoms with van der Waals surface area (Å²) in [4.78, 5) is 23.9. The molecule has 0 aliphatic carbocycles. The Bertz CT molecular complexity index is 557. The van der Waals surface area contributed by atoms with Crippen molar-refractivity contribution in [3.8, 4) is 0 Å². The summed E-state index contributed by atoms with van der Waals surface area (Å²) in [6.07, 6.45) is -4.87. The molecule has 2 amide bonds. The molecule has 0 spiro atoms. The number of nitrogens with one attached hydrogen (secondary N) is 1. The van der Waals surface area contributed by atoms with Crippen molar-refractivity contribution >= 4 is 17.5 Å². The normalized spacial score (nSPS) is 16.9. The molecule has 1 fully saturated rings. The summed E-state index contributed by atoms with van der Waals surface area (Å²) in [6.45, 7) is -0.342. The Hall–Kier alpha value is -2.12. The van der Waals surface area contributed by atoms with Crippen molar-refractivity contribution in [1.82, 2.24) is 5.32 Å². The molecule has 1 N–H and O–H groups in total. The number of anilines is 1. The molecule has 1 aliphatic rings. The van der Waals surface area contributed by atoms with E-state index in [4.69, 9.17) is 0 Å². The van der Waals surface area contributed by atoms with Crippen molar-refractivity contribution in [2.24, 2.45) is 0 Å². The van der Waals surface area contributed by atoms with Gasteiger partial charge >= 0.3 is 6.18 Å². The van der Waals surface area contributed by atoms with E-state index in [-0.39, 0.29) is 31.1 Å². The quantitative estimate of drug-likeness (QED) is 0.800. The molecule has 0 radical (unpaired) electrons. The standard InChI is InChI=1S/C12H10F4N2O2/c13-9-2-1-7(5-8(9)12(14,15)16)18-4-3-10(19)17-6-11(18)20/h1-2,5H,3-4,6H2,(H,17,19). The highest BCUT2D eigenvalue weighted by molar-refractivity contribution is 5.98. The Kier molecular flexibility index (Phi) is 3.65. The van der Waals surface area contributed by atoms with Crippen molar-refractivity contribution in [3.05, 3.63) is 29.6 Å². The van der Waals surface area contributed by atoms with E-state index < -0.39 is 23.5 Å². The second-order valence-electron chi connectivity index (χ2n) is 4.23. The van der Waals surface area contributed by atoms with Crippen LogP contribution >= 0.6 is 0 Å². The van der Waals surface area contributed by atoms with Gasteiger partial charge in [0.05, 0.1) is 12.1 Å². The molecule has 0 saturated carbocycles. The zero-order chi connectivity index (χ0) is 14.9. The number of hydrogen-bond donors (Lipinski definition) is 1. The summed E-state index contributed by atoms with van der Waals surface area (Å²) in [6, 6.07) is 2.31. The first-order valence-corrected chi connectivity index (χ1v) is 5.73. The number of rotatable bonds is 1. The van der Waals surface area contributed by atoms with E-state index in [1.807, 2.05) is 0 Å². The fourth-order valence-electron chi connectivity index (χ4n) is 1.87. The number of hydrogen-bond acceptors (Lipinski definition) is 2. The van der Waals surface area contributed by atoms with Crippen LogP contribution in [0.5, 0.6) is 0 Å². The number of halogens is 4. The lowest BCUT2D eigenvalue weighted by Gasteiger charge is -2.21.